The van der Waals surface area contributed by atoms with Crippen molar-refractivity contribution in [3.05, 3.63) is 81.8 Å². The van der Waals surface area contributed by atoms with Crippen LogP contribution in [-0.4, -0.2) is 22.1 Å². The van der Waals surface area contributed by atoms with Crippen LogP contribution >= 0.6 is 11.3 Å². The van der Waals surface area contributed by atoms with E-state index in [-0.39, 0.29) is 5.91 Å². The van der Waals surface area contributed by atoms with Crippen molar-refractivity contribution < 1.29 is 9.53 Å². The predicted molar refractivity (Wildman–Crippen MR) is 126 cm³/mol. The van der Waals surface area contributed by atoms with Crippen LogP contribution in [0.15, 0.2) is 60.0 Å². The zero-order chi connectivity index (χ0) is 21.6. The van der Waals surface area contributed by atoms with Crippen molar-refractivity contribution in [2.45, 2.75) is 39.8 Å². The highest BCUT2D eigenvalue weighted by Crippen LogP contribution is 2.20. The minimum atomic E-state index is -0.0597. The highest BCUT2D eigenvalue weighted by molar-refractivity contribution is 7.12. The number of fused-ring (bicyclic) bond motifs is 1. The predicted octanol–water partition coefficient (Wildman–Crippen LogP) is 5.50. The van der Waals surface area contributed by atoms with Crippen molar-refractivity contribution >= 4 is 28.3 Å². The van der Waals surface area contributed by atoms with Gasteiger partial charge in [-0.3, -0.25) is 4.79 Å². The lowest BCUT2D eigenvalue weighted by molar-refractivity contribution is 0.0953. The molecule has 0 saturated heterocycles. The fourth-order valence-electron chi connectivity index (χ4n) is 3.68. The highest BCUT2D eigenvalue weighted by atomic mass is 32.1. The standard InChI is InChI=1S/C25H27N3O2S/c1-18-11-12-22(19(2)16-18)30-14-6-5-13-28-21-9-4-3-8-20(21)27-24(28)17-26-25(29)23-10-7-15-31-23/h3-4,7-12,15-16H,5-6,13-14,17H2,1-2H3,(H,26,29). The van der Waals surface area contributed by atoms with Crippen molar-refractivity contribution in [3.63, 3.8) is 0 Å². The molecule has 2 aromatic heterocycles. The molecule has 4 rings (SSSR count). The number of unbranched alkanes of at least 4 members (excludes halogenated alkanes) is 1. The molecule has 0 bridgehead atoms. The molecule has 2 aromatic carbocycles. The van der Waals surface area contributed by atoms with Gasteiger partial charge in [0.25, 0.3) is 5.91 Å². The molecule has 2 heterocycles. The van der Waals surface area contributed by atoms with E-state index in [0.29, 0.717) is 18.0 Å². The first kappa shape index (κ1) is 21.1. The average molecular weight is 434 g/mol. The molecule has 4 aromatic rings. The molecule has 0 aliphatic carbocycles. The van der Waals surface area contributed by atoms with Gasteiger partial charge >= 0.3 is 0 Å². The number of thiophene rings is 1. The Morgan fingerprint density at radius 3 is 2.77 bits per heavy atom. The van der Waals surface area contributed by atoms with E-state index in [2.05, 4.69) is 41.9 Å². The first-order valence-electron chi connectivity index (χ1n) is 10.6. The van der Waals surface area contributed by atoms with Gasteiger partial charge in [-0.1, -0.05) is 35.9 Å². The van der Waals surface area contributed by atoms with E-state index in [1.807, 2.05) is 41.8 Å². The summed E-state index contributed by atoms with van der Waals surface area (Å²) in [6, 6.07) is 18.1. The van der Waals surface area contributed by atoms with Crippen LogP contribution in [0, 0.1) is 13.8 Å². The van der Waals surface area contributed by atoms with Gasteiger partial charge in [0.05, 0.1) is 29.1 Å². The lowest BCUT2D eigenvalue weighted by atomic mass is 10.1. The number of aryl methyl sites for hydroxylation is 3. The zero-order valence-electron chi connectivity index (χ0n) is 17.9. The van der Waals surface area contributed by atoms with Gasteiger partial charge in [-0.05, 0) is 61.9 Å². The number of nitrogens with zero attached hydrogens (tertiary/aromatic N) is 2. The second kappa shape index (κ2) is 9.79. The van der Waals surface area contributed by atoms with E-state index >= 15 is 0 Å². The van der Waals surface area contributed by atoms with Gasteiger partial charge < -0.3 is 14.6 Å². The number of ether oxygens (including phenoxy) is 1. The monoisotopic (exact) mass is 433 g/mol. The minimum Gasteiger partial charge on any atom is -0.493 e. The van der Waals surface area contributed by atoms with Crippen LogP contribution in [-0.2, 0) is 13.1 Å². The molecule has 0 atom stereocenters. The van der Waals surface area contributed by atoms with Gasteiger partial charge in [0, 0.05) is 6.54 Å². The number of rotatable bonds is 9. The summed E-state index contributed by atoms with van der Waals surface area (Å²) < 4.78 is 8.18. The van der Waals surface area contributed by atoms with Crippen molar-refractivity contribution in [3.8, 4) is 5.75 Å². The van der Waals surface area contributed by atoms with E-state index in [9.17, 15) is 4.79 Å². The van der Waals surface area contributed by atoms with Crippen LogP contribution in [0.2, 0.25) is 0 Å². The maximum absolute atomic E-state index is 12.3. The first-order valence-corrected chi connectivity index (χ1v) is 11.5. The molecule has 1 N–H and O–H groups in total. The molecule has 0 aliphatic rings. The molecule has 0 aliphatic heterocycles. The summed E-state index contributed by atoms with van der Waals surface area (Å²) in [5.41, 5.74) is 4.47. The summed E-state index contributed by atoms with van der Waals surface area (Å²) in [6.45, 7) is 6.09. The number of carbonyl (C=O) groups is 1. The Kier molecular flexibility index (Phi) is 6.67. The molecular formula is C25H27N3O2S. The molecular weight excluding hydrogens is 406 g/mol. The topological polar surface area (TPSA) is 56.1 Å². The fraction of sp³-hybridized carbons (Fsp3) is 0.280. The van der Waals surface area contributed by atoms with Gasteiger partial charge in [0.1, 0.15) is 11.6 Å². The van der Waals surface area contributed by atoms with E-state index < -0.39 is 0 Å². The van der Waals surface area contributed by atoms with Gasteiger partial charge in [-0.15, -0.1) is 11.3 Å². The summed E-state index contributed by atoms with van der Waals surface area (Å²) in [7, 11) is 0. The second-order valence-corrected chi connectivity index (χ2v) is 8.60. The summed E-state index contributed by atoms with van der Waals surface area (Å²) >= 11 is 1.44. The average Bonchev–Trinajstić information content (AvgIpc) is 3.42. The molecule has 160 valence electrons. The molecule has 0 unspecified atom stereocenters. The van der Waals surface area contributed by atoms with Crippen molar-refractivity contribution in [2.75, 3.05) is 6.61 Å². The number of carbonyl (C=O) groups excluding carboxylic acids is 1. The highest BCUT2D eigenvalue weighted by Gasteiger charge is 2.13. The van der Waals surface area contributed by atoms with E-state index in [0.717, 1.165) is 42.0 Å². The van der Waals surface area contributed by atoms with Crippen LogP contribution in [0.1, 0.15) is 39.5 Å². The second-order valence-electron chi connectivity index (χ2n) is 7.65. The van der Waals surface area contributed by atoms with Crippen LogP contribution in [0.25, 0.3) is 11.0 Å². The lowest BCUT2D eigenvalue weighted by Crippen LogP contribution is -2.24. The normalized spacial score (nSPS) is 11.0. The van der Waals surface area contributed by atoms with Crippen LogP contribution < -0.4 is 10.1 Å². The maximum atomic E-state index is 12.3. The SMILES string of the molecule is Cc1ccc(OCCCCn2c(CNC(=O)c3cccs3)nc3ccccc32)c(C)c1. The molecule has 6 heteroatoms. The van der Waals surface area contributed by atoms with Crippen LogP contribution in [0.5, 0.6) is 5.75 Å². The summed E-state index contributed by atoms with van der Waals surface area (Å²) in [4.78, 5) is 17.8. The van der Waals surface area contributed by atoms with E-state index in [4.69, 9.17) is 9.72 Å². The summed E-state index contributed by atoms with van der Waals surface area (Å²) in [5.74, 6) is 1.77. The smallest absolute Gasteiger partial charge is 0.261 e. The number of amides is 1. The van der Waals surface area contributed by atoms with Crippen LogP contribution in [0.3, 0.4) is 0 Å². The van der Waals surface area contributed by atoms with Gasteiger partial charge in [0.15, 0.2) is 0 Å². The third kappa shape index (κ3) is 5.14. The summed E-state index contributed by atoms with van der Waals surface area (Å²) in [6.07, 6.45) is 1.91. The van der Waals surface area contributed by atoms with Gasteiger partial charge in [-0.25, -0.2) is 4.98 Å². The van der Waals surface area contributed by atoms with Crippen LogP contribution in [0.4, 0.5) is 0 Å². The van der Waals surface area contributed by atoms with E-state index in [1.54, 1.807) is 0 Å². The Labute approximate surface area is 186 Å². The largest absolute Gasteiger partial charge is 0.493 e. The number of benzene rings is 2. The number of hydrogen-bond donors (Lipinski definition) is 1. The minimum absolute atomic E-state index is 0.0597. The Bertz CT molecular complexity index is 1160. The molecule has 0 saturated carbocycles. The van der Waals surface area contributed by atoms with Gasteiger partial charge in [-0.2, -0.15) is 0 Å². The van der Waals surface area contributed by atoms with E-state index in [1.165, 1.54) is 22.5 Å². The number of hydrogen-bond acceptors (Lipinski definition) is 4. The number of nitrogens with one attached hydrogen (secondary N) is 1. The molecule has 0 fully saturated rings. The molecule has 31 heavy (non-hydrogen) atoms. The van der Waals surface area contributed by atoms with Gasteiger partial charge in [0.2, 0.25) is 0 Å². The molecule has 1 amide bonds. The number of imidazole rings is 1. The summed E-state index contributed by atoms with van der Waals surface area (Å²) in [5, 5.41) is 4.91. The molecule has 5 nitrogen and oxygen atoms in total. The number of para-hydroxylation sites is 2. The van der Waals surface area contributed by atoms with Crippen molar-refractivity contribution in [1.82, 2.24) is 14.9 Å². The first-order chi connectivity index (χ1) is 15.1. The Hall–Kier alpha value is -3.12. The maximum Gasteiger partial charge on any atom is 0.261 e. The Morgan fingerprint density at radius 1 is 1.10 bits per heavy atom. The van der Waals surface area contributed by atoms with Crippen molar-refractivity contribution in [1.29, 1.82) is 0 Å². The quantitative estimate of drug-likeness (QED) is 0.354. The zero-order valence-corrected chi connectivity index (χ0v) is 18.7. The third-order valence-corrected chi connectivity index (χ3v) is 6.12. The van der Waals surface area contributed by atoms with Crippen molar-refractivity contribution in [2.24, 2.45) is 0 Å². The fourth-order valence-corrected chi connectivity index (χ4v) is 4.32. The third-order valence-electron chi connectivity index (χ3n) is 5.25. The lowest BCUT2D eigenvalue weighted by Gasteiger charge is -2.12. The Balaban J connectivity index is 1.37. The number of aromatic nitrogens is 2. The Morgan fingerprint density at radius 2 is 1.97 bits per heavy atom. The molecule has 0 radical (unpaired) electrons. The molecule has 0 spiro atoms.